The van der Waals surface area contributed by atoms with Crippen LogP contribution in [0.4, 0.5) is 10.1 Å². The van der Waals surface area contributed by atoms with Gasteiger partial charge in [0.05, 0.1) is 16.7 Å². The fourth-order valence-electron chi connectivity index (χ4n) is 3.62. The first kappa shape index (κ1) is 18.9. The molecule has 0 amide bonds. The molecule has 8 heteroatoms. The smallest absolute Gasteiger partial charge is 0.242 e. The Kier molecular flexibility index (Phi) is 4.65. The number of β-amino-alcohol motifs (C(OH)–C–C–N with tert-alkyl or cyclic N) is 1. The molecule has 2 aromatic carbocycles. The predicted octanol–water partition coefficient (Wildman–Crippen LogP) is 2.80. The first-order valence-corrected chi connectivity index (χ1v) is 10.5. The van der Waals surface area contributed by atoms with Crippen molar-refractivity contribution in [1.82, 2.24) is 9.29 Å². The number of nitrogens with one attached hydrogen (secondary N) is 1. The third kappa shape index (κ3) is 3.07. The maximum atomic E-state index is 15.2. The van der Waals surface area contributed by atoms with Gasteiger partial charge < -0.3 is 15.0 Å². The van der Waals surface area contributed by atoms with Crippen molar-refractivity contribution in [1.29, 1.82) is 0 Å². The summed E-state index contributed by atoms with van der Waals surface area (Å²) in [5.74, 6) is -0.420. The SMILES string of the molecule is CN(C)S(=O)(=O)c1ccc(N2CC[C@H](O)C2)c(-c2[nH]c3ccccc3c2F)c1. The number of halogens is 1. The molecule has 1 aliphatic heterocycles. The molecule has 3 aromatic rings. The summed E-state index contributed by atoms with van der Waals surface area (Å²) in [6, 6.07) is 11.8. The number of hydrogen-bond acceptors (Lipinski definition) is 4. The van der Waals surface area contributed by atoms with Gasteiger partial charge >= 0.3 is 0 Å². The molecule has 1 aliphatic rings. The van der Waals surface area contributed by atoms with Gasteiger partial charge in [0, 0.05) is 49.3 Å². The number of fused-ring (bicyclic) bond motifs is 1. The minimum Gasteiger partial charge on any atom is -0.391 e. The van der Waals surface area contributed by atoms with E-state index in [0.29, 0.717) is 41.7 Å². The molecule has 0 aliphatic carbocycles. The summed E-state index contributed by atoms with van der Waals surface area (Å²) in [5.41, 5.74) is 2.04. The fourth-order valence-corrected chi connectivity index (χ4v) is 4.54. The Morgan fingerprint density at radius 1 is 1.21 bits per heavy atom. The first-order valence-electron chi connectivity index (χ1n) is 9.05. The molecule has 0 bridgehead atoms. The fraction of sp³-hybridized carbons (Fsp3) is 0.300. The summed E-state index contributed by atoms with van der Waals surface area (Å²) in [6.45, 7) is 1.05. The summed E-state index contributed by atoms with van der Waals surface area (Å²) in [5, 5.41) is 10.4. The highest BCUT2D eigenvalue weighted by atomic mass is 32.2. The van der Waals surface area contributed by atoms with Crippen LogP contribution >= 0.6 is 0 Å². The van der Waals surface area contributed by atoms with E-state index in [2.05, 4.69) is 4.98 Å². The topological polar surface area (TPSA) is 76.6 Å². The number of hydrogen-bond donors (Lipinski definition) is 2. The average molecular weight is 403 g/mol. The van der Waals surface area contributed by atoms with Crippen molar-refractivity contribution in [3.8, 4) is 11.3 Å². The summed E-state index contributed by atoms with van der Waals surface area (Å²) in [7, 11) is -0.749. The maximum absolute atomic E-state index is 15.2. The number of H-pyrrole nitrogens is 1. The molecule has 0 saturated carbocycles. The Balaban J connectivity index is 1.94. The van der Waals surface area contributed by atoms with E-state index in [0.717, 1.165) is 4.31 Å². The van der Waals surface area contributed by atoms with Crippen molar-refractivity contribution in [2.75, 3.05) is 32.1 Å². The van der Waals surface area contributed by atoms with E-state index >= 15 is 4.39 Å². The normalized spacial score (nSPS) is 17.8. The molecule has 1 atom stereocenters. The van der Waals surface area contributed by atoms with E-state index in [9.17, 15) is 13.5 Å². The van der Waals surface area contributed by atoms with Crippen LogP contribution in [0.1, 0.15) is 6.42 Å². The molecule has 0 radical (unpaired) electrons. The Bertz CT molecular complexity index is 1140. The van der Waals surface area contributed by atoms with Crippen LogP contribution in [0.3, 0.4) is 0 Å². The number of nitrogens with zero attached hydrogens (tertiary/aromatic N) is 2. The van der Waals surface area contributed by atoms with Crippen molar-refractivity contribution in [3.05, 3.63) is 48.3 Å². The van der Waals surface area contributed by atoms with Gasteiger partial charge in [-0.25, -0.2) is 17.1 Å². The number of aliphatic hydroxyl groups excluding tert-OH is 1. The van der Waals surface area contributed by atoms with Crippen LogP contribution in [0.25, 0.3) is 22.2 Å². The molecule has 0 spiro atoms. The van der Waals surface area contributed by atoms with Gasteiger partial charge in [0.15, 0.2) is 5.82 Å². The molecule has 0 unspecified atom stereocenters. The van der Waals surface area contributed by atoms with Crippen LogP contribution in [0, 0.1) is 5.82 Å². The number of para-hydroxylation sites is 1. The molecule has 1 saturated heterocycles. The average Bonchev–Trinajstić information content (AvgIpc) is 3.25. The Morgan fingerprint density at radius 2 is 1.96 bits per heavy atom. The summed E-state index contributed by atoms with van der Waals surface area (Å²) in [6.07, 6.45) is 0.164. The zero-order valence-electron chi connectivity index (χ0n) is 15.7. The minimum atomic E-state index is -3.67. The third-order valence-electron chi connectivity index (χ3n) is 5.16. The van der Waals surface area contributed by atoms with E-state index in [1.165, 1.54) is 26.2 Å². The number of aromatic amines is 1. The second kappa shape index (κ2) is 6.88. The van der Waals surface area contributed by atoms with Crippen molar-refractivity contribution in [2.24, 2.45) is 0 Å². The highest BCUT2D eigenvalue weighted by Crippen LogP contribution is 2.38. The minimum absolute atomic E-state index is 0.0917. The van der Waals surface area contributed by atoms with E-state index in [-0.39, 0.29) is 10.6 Å². The van der Waals surface area contributed by atoms with Gasteiger partial charge in [-0.05, 0) is 36.8 Å². The number of benzene rings is 2. The van der Waals surface area contributed by atoms with Crippen LogP contribution < -0.4 is 4.90 Å². The van der Waals surface area contributed by atoms with E-state index in [1.54, 1.807) is 24.3 Å². The van der Waals surface area contributed by atoms with Crippen molar-refractivity contribution >= 4 is 26.6 Å². The Labute approximate surface area is 163 Å². The quantitative estimate of drug-likeness (QED) is 0.702. The van der Waals surface area contributed by atoms with Gasteiger partial charge in [-0.15, -0.1) is 0 Å². The van der Waals surface area contributed by atoms with Gasteiger partial charge in [0.1, 0.15) is 0 Å². The number of rotatable bonds is 4. The van der Waals surface area contributed by atoms with Crippen LogP contribution in [-0.2, 0) is 10.0 Å². The lowest BCUT2D eigenvalue weighted by Crippen LogP contribution is -2.24. The highest BCUT2D eigenvalue weighted by molar-refractivity contribution is 7.89. The summed E-state index contributed by atoms with van der Waals surface area (Å²) < 4.78 is 41.6. The zero-order chi connectivity index (χ0) is 20.1. The van der Waals surface area contributed by atoms with Crippen LogP contribution in [0.5, 0.6) is 0 Å². The van der Waals surface area contributed by atoms with Gasteiger partial charge in [-0.2, -0.15) is 0 Å². The maximum Gasteiger partial charge on any atom is 0.242 e. The largest absolute Gasteiger partial charge is 0.391 e. The number of aromatic nitrogens is 1. The van der Waals surface area contributed by atoms with Crippen molar-refractivity contribution in [3.63, 3.8) is 0 Å². The van der Waals surface area contributed by atoms with E-state index in [4.69, 9.17) is 0 Å². The summed E-state index contributed by atoms with van der Waals surface area (Å²) >= 11 is 0. The second-order valence-electron chi connectivity index (χ2n) is 7.21. The van der Waals surface area contributed by atoms with Gasteiger partial charge in [0.2, 0.25) is 10.0 Å². The van der Waals surface area contributed by atoms with E-state index in [1.807, 2.05) is 11.0 Å². The lowest BCUT2D eigenvalue weighted by atomic mass is 10.1. The number of sulfonamides is 1. The molecule has 6 nitrogen and oxygen atoms in total. The monoisotopic (exact) mass is 403 g/mol. The van der Waals surface area contributed by atoms with Crippen molar-refractivity contribution in [2.45, 2.75) is 17.4 Å². The first-order chi connectivity index (χ1) is 13.3. The molecule has 2 heterocycles. The lowest BCUT2D eigenvalue weighted by molar-refractivity contribution is 0.198. The van der Waals surface area contributed by atoms with Crippen molar-refractivity contribution < 1.29 is 17.9 Å². The standard InChI is InChI=1S/C20H22FN3O3S/c1-23(2)28(26,27)14-7-8-18(24-10-9-13(25)12-24)16(11-14)20-19(21)15-5-3-4-6-17(15)22-20/h3-8,11,13,22,25H,9-10,12H2,1-2H3/t13-/m0/s1. The molecule has 1 fully saturated rings. The molecule has 4 rings (SSSR count). The molecule has 1 aromatic heterocycles. The zero-order valence-corrected chi connectivity index (χ0v) is 16.5. The van der Waals surface area contributed by atoms with Gasteiger partial charge in [-0.1, -0.05) is 12.1 Å². The lowest BCUT2D eigenvalue weighted by Gasteiger charge is -2.22. The molecular weight excluding hydrogens is 381 g/mol. The highest BCUT2D eigenvalue weighted by Gasteiger charge is 2.27. The Morgan fingerprint density at radius 3 is 2.61 bits per heavy atom. The summed E-state index contributed by atoms with van der Waals surface area (Å²) in [4.78, 5) is 5.14. The van der Waals surface area contributed by atoms with Crippen LogP contribution in [-0.4, -0.2) is 56.1 Å². The van der Waals surface area contributed by atoms with Crippen LogP contribution in [0.15, 0.2) is 47.4 Å². The third-order valence-corrected chi connectivity index (χ3v) is 6.97. The van der Waals surface area contributed by atoms with Crippen LogP contribution in [0.2, 0.25) is 0 Å². The van der Waals surface area contributed by atoms with Gasteiger partial charge in [0.25, 0.3) is 0 Å². The Hall–Kier alpha value is -2.42. The molecule has 28 heavy (non-hydrogen) atoms. The molecule has 148 valence electrons. The number of aliphatic hydroxyl groups is 1. The van der Waals surface area contributed by atoms with Gasteiger partial charge in [-0.3, -0.25) is 0 Å². The second-order valence-corrected chi connectivity index (χ2v) is 9.37. The molecular formula is C20H22FN3O3S. The molecule has 2 N–H and O–H groups in total. The predicted molar refractivity (Wildman–Crippen MR) is 107 cm³/mol. The number of anilines is 1. The van der Waals surface area contributed by atoms with E-state index < -0.39 is 21.9 Å².